The van der Waals surface area contributed by atoms with Gasteiger partial charge < -0.3 is 4.98 Å². The molecule has 12 heavy (non-hydrogen) atoms. The first kappa shape index (κ1) is 6.86. The van der Waals surface area contributed by atoms with E-state index in [4.69, 9.17) is 5.26 Å². The van der Waals surface area contributed by atoms with Crippen LogP contribution in [0.3, 0.4) is 0 Å². The summed E-state index contributed by atoms with van der Waals surface area (Å²) in [6.45, 7) is 0. The van der Waals surface area contributed by atoms with Crippen LogP contribution in [-0.2, 0) is 0 Å². The van der Waals surface area contributed by atoms with Crippen LogP contribution in [0.4, 0.5) is 4.39 Å². The van der Waals surface area contributed by atoms with E-state index in [1.54, 1.807) is 12.1 Å². The molecule has 3 heteroatoms. The molecule has 0 atom stereocenters. The molecule has 2 nitrogen and oxygen atoms in total. The topological polar surface area (TPSA) is 39.6 Å². The van der Waals surface area contributed by atoms with Crippen molar-refractivity contribution in [3.05, 3.63) is 35.8 Å². The fourth-order valence-corrected chi connectivity index (χ4v) is 1.16. The average Bonchev–Trinajstić information content (AvgIpc) is 2.46. The van der Waals surface area contributed by atoms with E-state index in [0.717, 1.165) is 10.9 Å². The number of hydrogen-bond donors (Lipinski definition) is 1. The summed E-state index contributed by atoms with van der Waals surface area (Å²) in [7, 11) is 0. The van der Waals surface area contributed by atoms with Crippen molar-refractivity contribution in [2.24, 2.45) is 0 Å². The van der Waals surface area contributed by atoms with Crippen molar-refractivity contribution >= 4 is 10.9 Å². The van der Waals surface area contributed by atoms with Gasteiger partial charge in [-0.15, -0.1) is 0 Å². The van der Waals surface area contributed by atoms with Crippen LogP contribution in [0.5, 0.6) is 0 Å². The second-order valence-electron chi connectivity index (χ2n) is 2.53. The Morgan fingerprint density at radius 1 is 1.33 bits per heavy atom. The van der Waals surface area contributed by atoms with Crippen LogP contribution in [0.2, 0.25) is 0 Å². The van der Waals surface area contributed by atoms with Gasteiger partial charge in [0.05, 0.1) is 0 Å². The van der Waals surface area contributed by atoms with Crippen molar-refractivity contribution in [2.75, 3.05) is 0 Å². The lowest BCUT2D eigenvalue weighted by Crippen LogP contribution is -1.71. The van der Waals surface area contributed by atoms with E-state index < -0.39 is 0 Å². The second-order valence-corrected chi connectivity index (χ2v) is 2.53. The largest absolute Gasteiger partial charge is 0.346 e. The van der Waals surface area contributed by atoms with E-state index in [9.17, 15) is 4.39 Å². The number of nitrogens with one attached hydrogen (secondary N) is 1. The maximum Gasteiger partial charge on any atom is 0.123 e. The number of aromatic amines is 1. The van der Waals surface area contributed by atoms with Gasteiger partial charge >= 0.3 is 0 Å². The summed E-state index contributed by atoms with van der Waals surface area (Å²) in [5.74, 6) is -0.286. The summed E-state index contributed by atoms with van der Waals surface area (Å²) < 4.78 is 12.7. The van der Waals surface area contributed by atoms with E-state index in [0.29, 0.717) is 5.69 Å². The standard InChI is InChI=1S/C9H5FN2/c10-7-1-2-9-6(3-7)4-8(5-11)12-9/h1-4,12H. The van der Waals surface area contributed by atoms with Gasteiger partial charge in [0, 0.05) is 10.9 Å². The van der Waals surface area contributed by atoms with Gasteiger partial charge in [0.1, 0.15) is 17.6 Å². The van der Waals surface area contributed by atoms with Crippen LogP contribution in [0.1, 0.15) is 5.69 Å². The molecule has 1 N–H and O–H groups in total. The number of nitriles is 1. The van der Waals surface area contributed by atoms with Crippen LogP contribution in [0.15, 0.2) is 24.3 Å². The second kappa shape index (κ2) is 2.35. The van der Waals surface area contributed by atoms with Crippen molar-refractivity contribution < 1.29 is 4.39 Å². The zero-order chi connectivity index (χ0) is 8.55. The summed E-state index contributed by atoms with van der Waals surface area (Å²) >= 11 is 0. The van der Waals surface area contributed by atoms with Crippen LogP contribution < -0.4 is 0 Å². The number of H-pyrrole nitrogens is 1. The van der Waals surface area contributed by atoms with E-state index in [1.165, 1.54) is 12.1 Å². The lowest BCUT2D eigenvalue weighted by Gasteiger charge is -1.87. The molecule has 2 rings (SSSR count). The zero-order valence-electron chi connectivity index (χ0n) is 6.13. The Kier molecular flexibility index (Phi) is 1.34. The lowest BCUT2D eigenvalue weighted by molar-refractivity contribution is 0.630. The zero-order valence-corrected chi connectivity index (χ0v) is 6.13. The van der Waals surface area contributed by atoms with Gasteiger partial charge in [0.25, 0.3) is 0 Å². The van der Waals surface area contributed by atoms with Crippen LogP contribution in [0.25, 0.3) is 10.9 Å². The maximum absolute atomic E-state index is 12.7. The minimum Gasteiger partial charge on any atom is -0.346 e. The molecule has 0 aliphatic carbocycles. The molecule has 1 heterocycles. The molecule has 0 radical (unpaired) electrons. The lowest BCUT2D eigenvalue weighted by atomic mass is 10.2. The molecule has 0 bridgehead atoms. The Hall–Kier alpha value is -1.82. The molecule has 0 spiro atoms. The number of hydrogen-bond acceptors (Lipinski definition) is 1. The number of nitrogens with zero attached hydrogens (tertiary/aromatic N) is 1. The number of benzene rings is 1. The highest BCUT2D eigenvalue weighted by molar-refractivity contribution is 5.81. The van der Waals surface area contributed by atoms with E-state index in [-0.39, 0.29) is 5.82 Å². The minimum atomic E-state index is -0.286. The van der Waals surface area contributed by atoms with Crippen molar-refractivity contribution in [1.29, 1.82) is 5.26 Å². The predicted molar refractivity (Wildman–Crippen MR) is 43.0 cm³/mol. The Labute approximate surface area is 68.2 Å². The third-order valence-corrected chi connectivity index (χ3v) is 1.70. The van der Waals surface area contributed by atoms with Crippen molar-refractivity contribution in [3.63, 3.8) is 0 Å². The maximum atomic E-state index is 12.7. The molecule has 0 saturated heterocycles. The molecule has 0 aliphatic rings. The first-order valence-electron chi connectivity index (χ1n) is 3.48. The smallest absolute Gasteiger partial charge is 0.123 e. The fraction of sp³-hybridized carbons (Fsp3) is 0. The van der Waals surface area contributed by atoms with Gasteiger partial charge in [-0.2, -0.15) is 5.26 Å². The summed E-state index contributed by atoms with van der Waals surface area (Å²) in [4.78, 5) is 2.84. The van der Waals surface area contributed by atoms with Crippen molar-refractivity contribution in [2.45, 2.75) is 0 Å². The normalized spacial score (nSPS) is 10.0. The first-order valence-corrected chi connectivity index (χ1v) is 3.48. The molecule has 1 aromatic carbocycles. The van der Waals surface area contributed by atoms with Gasteiger partial charge in [-0.05, 0) is 24.3 Å². The first-order chi connectivity index (χ1) is 5.79. The Morgan fingerprint density at radius 2 is 2.17 bits per heavy atom. The predicted octanol–water partition coefficient (Wildman–Crippen LogP) is 2.18. The molecule has 0 aliphatic heterocycles. The highest BCUT2D eigenvalue weighted by Crippen LogP contribution is 2.15. The quantitative estimate of drug-likeness (QED) is 0.630. The molecule has 0 amide bonds. The van der Waals surface area contributed by atoms with Gasteiger partial charge in [-0.3, -0.25) is 0 Å². The summed E-state index contributed by atoms with van der Waals surface area (Å²) in [5.41, 5.74) is 1.24. The Balaban J connectivity index is 2.77. The summed E-state index contributed by atoms with van der Waals surface area (Å²) in [5, 5.41) is 9.26. The van der Waals surface area contributed by atoms with E-state index in [1.807, 2.05) is 6.07 Å². The Morgan fingerprint density at radius 3 is 2.92 bits per heavy atom. The van der Waals surface area contributed by atoms with Gasteiger partial charge in [0.15, 0.2) is 0 Å². The van der Waals surface area contributed by atoms with Crippen LogP contribution in [-0.4, -0.2) is 4.98 Å². The number of rotatable bonds is 0. The molecule has 0 saturated carbocycles. The molecule has 1 aromatic heterocycles. The monoisotopic (exact) mass is 160 g/mol. The molecule has 58 valence electrons. The summed E-state index contributed by atoms with van der Waals surface area (Å²) in [6.07, 6.45) is 0. The van der Waals surface area contributed by atoms with Gasteiger partial charge in [-0.1, -0.05) is 0 Å². The Bertz CT molecular complexity index is 465. The highest BCUT2D eigenvalue weighted by atomic mass is 19.1. The molecular weight excluding hydrogens is 155 g/mol. The van der Waals surface area contributed by atoms with E-state index in [2.05, 4.69) is 4.98 Å². The molecule has 2 aromatic rings. The molecule has 0 fully saturated rings. The molecular formula is C9H5FN2. The number of aromatic nitrogens is 1. The van der Waals surface area contributed by atoms with Crippen LogP contribution >= 0.6 is 0 Å². The SMILES string of the molecule is N#Cc1cc2cc(F)ccc2[nH]1. The fourth-order valence-electron chi connectivity index (χ4n) is 1.16. The third kappa shape index (κ3) is 0.940. The average molecular weight is 160 g/mol. The highest BCUT2D eigenvalue weighted by Gasteiger charge is 1.99. The summed E-state index contributed by atoms with van der Waals surface area (Å²) in [6, 6.07) is 7.95. The molecule has 0 unspecified atom stereocenters. The third-order valence-electron chi connectivity index (χ3n) is 1.70. The number of fused-ring (bicyclic) bond motifs is 1. The van der Waals surface area contributed by atoms with Gasteiger partial charge in [0.2, 0.25) is 0 Å². The minimum absolute atomic E-state index is 0.286. The van der Waals surface area contributed by atoms with Crippen LogP contribution in [0, 0.1) is 17.1 Å². The van der Waals surface area contributed by atoms with Crippen molar-refractivity contribution in [1.82, 2.24) is 4.98 Å². The van der Waals surface area contributed by atoms with Crippen molar-refractivity contribution in [3.8, 4) is 6.07 Å². The number of halogens is 1. The van der Waals surface area contributed by atoms with E-state index >= 15 is 0 Å². The van der Waals surface area contributed by atoms with Gasteiger partial charge in [-0.25, -0.2) is 4.39 Å².